The summed E-state index contributed by atoms with van der Waals surface area (Å²) in [6.07, 6.45) is 2.77. The monoisotopic (exact) mass is 411 g/mol. The van der Waals surface area contributed by atoms with Crippen molar-refractivity contribution in [2.75, 3.05) is 52.5 Å². The highest BCUT2D eigenvalue weighted by molar-refractivity contribution is 7.89. The lowest BCUT2D eigenvalue weighted by molar-refractivity contribution is -0.122. The van der Waals surface area contributed by atoms with Crippen molar-refractivity contribution >= 4 is 15.9 Å². The van der Waals surface area contributed by atoms with E-state index in [0.29, 0.717) is 64.0 Å². The maximum atomic E-state index is 13.0. The lowest BCUT2D eigenvalue weighted by Crippen LogP contribution is -2.51. The van der Waals surface area contributed by atoms with Crippen LogP contribution in [0.2, 0.25) is 0 Å². The summed E-state index contributed by atoms with van der Waals surface area (Å²) < 4.78 is 38.6. The Labute approximate surface area is 166 Å². The number of hydrogen-bond acceptors (Lipinski definition) is 6. The van der Waals surface area contributed by atoms with Gasteiger partial charge in [0.2, 0.25) is 15.9 Å². The number of nitrogens with zero attached hydrogens (tertiary/aromatic N) is 2. The fraction of sp³-hybridized carbons (Fsp3) is 0.632. The number of benzene rings is 1. The van der Waals surface area contributed by atoms with Crippen molar-refractivity contribution in [3.8, 4) is 11.5 Å². The van der Waals surface area contributed by atoms with Crippen LogP contribution < -0.4 is 14.8 Å². The molecule has 2 heterocycles. The van der Waals surface area contributed by atoms with Crippen molar-refractivity contribution in [3.05, 3.63) is 18.2 Å². The van der Waals surface area contributed by atoms with Gasteiger partial charge in [0.05, 0.1) is 24.7 Å². The second-order valence-electron chi connectivity index (χ2n) is 7.04. The minimum Gasteiger partial charge on any atom is -0.490 e. The Kier molecular flexibility index (Phi) is 7.14. The predicted octanol–water partition coefficient (Wildman–Crippen LogP) is 1.07. The number of fused-ring (bicyclic) bond motifs is 1. The smallest absolute Gasteiger partial charge is 0.243 e. The number of carbonyl (C=O) groups excluding carboxylic acids is 1. The molecule has 1 amide bonds. The van der Waals surface area contributed by atoms with Crippen LogP contribution in [0.25, 0.3) is 0 Å². The van der Waals surface area contributed by atoms with Gasteiger partial charge in [-0.1, -0.05) is 13.3 Å². The van der Waals surface area contributed by atoms with Gasteiger partial charge < -0.3 is 14.8 Å². The first kappa shape index (κ1) is 20.9. The van der Waals surface area contributed by atoms with Gasteiger partial charge in [0.1, 0.15) is 0 Å². The van der Waals surface area contributed by atoms with E-state index in [-0.39, 0.29) is 10.8 Å². The molecule has 0 bridgehead atoms. The standard InChI is InChI=1S/C19H29N3O5S/c1-2-3-7-20-19(23)15-21-8-10-22(11-9-21)28(24,25)16-5-6-17-18(14-16)27-13-4-12-26-17/h5-6,14H,2-4,7-13,15H2,1H3,(H,20,23). The molecule has 3 rings (SSSR count). The summed E-state index contributed by atoms with van der Waals surface area (Å²) in [6, 6.07) is 4.77. The zero-order valence-corrected chi connectivity index (χ0v) is 17.2. The SMILES string of the molecule is CCCCNC(=O)CN1CCN(S(=O)(=O)c2ccc3c(c2)OCCCO3)CC1. The number of piperazine rings is 1. The highest BCUT2D eigenvalue weighted by Crippen LogP contribution is 2.33. The first-order valence-corrected chi connectivity index (χ1v) is 11.3. The molecule has 0 unspecified atom stereocenters. The first-order valence-electron chi connectivity index (χ1n) is 9.89. The van der Waals surface area contributed by atoms with E-state index in [1.807, 2.05) is 4.90 Å². The minimum atomic E-state index is -3.61. The highest BCUT2D eigenvalue weighted by Gasteiger charge is 2.30. The maximum absolute atomic E-state index is 13.0. The van der Waals surface area contributed by atoms with E-state index in [4.69, 9.17) is 9.47 Å². The van der Waals surface area contributed by atoms with Gasteiger partial charge >= 0.3 is 0 Å². The van der Waals surface area contributed by atoms with Crippen molar-refractivity contribution in [3.63, 3.8) is 0 Å². The van der Waals surface area contributed by atoms with Crippen LogP contribution in [-0.4, -0.2) is 76.0 Å². The summed E-state index contributed by atoms with van der Waals surface area (Å²) in [4.78, 5) is 14.1. The van der Waals surface area contributed by atoms with E-state index in [1.165, 1.54) is 4.31 Å². The molecule has 0 radical (unpaired) electrons. The van der Waals surface area contributed by atoms with Crippen LogP contribution in [-0.2, 0) is 14.8 Å². The minimum absolute atomic E-state index is 0.00680. The molecule has 1 fully saturated rings. The first-order chi connectivity index (χ1) is 13.5. The number of amides is 1. The van der Waals surface area contributed by atoms with Crippen LogP contribution >= 0.6 is 0 Å². The van der Waals surface area contributed by atoms with E-state index in [9.17, 15) is 13.2 Å². The molecule has 9 heteroatoms. The molecule has 0 spiro atoms. The molecular weight excluding hydrogens is 382 g/mol. The van der Waals surface area contributed by atoms with Crippen LogP contribution in [0.3, 0.4) is 0 Å². The topological polar surface area (TPSA) is 88.2 Å². The number of unbranched alkanes of at least 4 members (excludes halogenated alkanes) is 1. The lowest BCUT2D eigenvalue weighted by atomic mass is 10.3. The molecule has 1 aromatic rings. The molecule has 2 aliphatic heterocycles. The molecule has 1 N–H and O–H groups in total. The van der Waals surface area contributed by atoms with E-state index in [2.05, 4.69) is 12.2 Å². The molecule has 8 nitrogen and oxygen atoms in total. The Bertz CT molecular complexity index is 776. The van der Waals surface area contributed by atoms with Crippen LogP contribution in [0.1, 0.15) is 26.2 Å². The molecule has 0 saturated carbocycles. The summed E-state index contributed by atoms with van der Waals surface area (Å²) in [5.74, 6) is 1.05. The van der Waals surface area contributed by atoms with E-state index in [0.717, 1.165) is 19.3 Å². The maximum Gasteiger partial charge on any atom is 0.243 e. The molecule has 0 aromatic heterocycles. The predicted molar refractivity (Wildman–Crippen MR) is 105 cm³/mol. The molecule has 156 valence electrons. The van der Waals surface area contributed by atoms with Crippen molar-refractivity contribution in [2.45, 2.75) is 31.1 Å². The fourth-order valence-electron chi connectivity index (χ4n) is 3.24. The fourth-order valence-corrected chi connectivity index (χ4v) is 4.68. The number of carbonyl (C=O) groups is 1. The Balaban J connectivity index is 1.57. The van der Waals surface area contributed by atoms with Crippen molar-refractivity contribution in [1.82, 2.24) is 14.5 Å². The van der Waals surface area contributed by atoms with Crippen LogP contribution in [0.5, 0.6) is 11.5 Å². The number of nitrogens with one attached hydrogen (secondary N) is 1. The van der Waals surface area contributed by atoms with Crippen LogP contribution in [0.4, 0.5) is 0 Å². The van der Waals surface area contributed by atoms with Crippen molar-refractivity contribution in [1.29, 1.82) is 0 Å². The number of rotatable bonds is 7. The number of hydrogen-bond donors (Lipinski definition) is 1. The molecule has 28 heavy (non-hydrogen) atoms. The molecule has 1 saturated heterocycles. The lowest BCUT2D eigenvalue weighted by Gasteiger charge is -2.33. The molecular formula is C19H29N3O5S. The third-order valence-electron chi connectivity index (χ3n) is 4.91. The molecule has 2 aliphatic rings. The Morgan fingerprint density at radius 3 is 2.54 bits per heavy atom. The molecule has 0 atom stereocenters. The highest BCUT2D eigenvalue weighted by atomic mass is 32.2. The average molecular weight is 412 g/mol. The molecule has 0 aliphatic carbocycles. The summed E-state index contributed by atoms with van der Waals surface area (Å²) in [6.45, 7) is 5.93. The third kappa shape index (κ3) is 5.15. The van der Waals surface area contributed by atoms with E-state index < -0.39 is 10.0 Å². The number of ether oxygens (including phenoxy) is 2. The normalized spacial score (nSPS) is 18.5. The van der Waals surface area contributed by atoms with Gasteiger partial charge in [-0.3, -0.25) is 9.69 Å². The van der Waals surface area contributed by atoms with Gasteiger partial charge in [0.25, 0.3) is 0 Å². The van der Waals surface area contributed by atoms with Gasteiger partial charge in [-0.15, -0.1) is 0 Å². The van der Waals surface area contributed by atoms with E-state index in [1.54, 1.807) is 18.2 Å². The van der Waals surface area contributed by atoms with Gasteiger partial charge in [0, 0.05) is 45.2 Å². The van der Waals surface area contributed by atoms with E-state index >= 15 is 0 Å². The second kappa shape index (κ2) is 9.58. The van der Waals surface area contributed by atoms with Crippen molar-refractivity contribution < 1.29 is 22.7 Å². The summed E-state index contributed by atoms with van der Waals surface area (Å²) in [7, 11) is -3.61. The Morgan fingerprint density at radius 2 is 1.82 bits per heavy atom. The summed E-state index contributed by atoms with van der Waals surface area (Å²) >= 11 is 0. The van der Waals surface area contributed by atoms with Crippen LogP contribution in [0, 0.1) is 0 Å². The van der Waals surface area contributed by atoms with Gasteiger partial charge in [-0.2, -0.15) is 4.31 Å². The average Bonchev–Trinajstić information content (AvgIpc) is 2.93. The second-order valence-corrected chi connectivity index (χ2v) is 8.98. The number of sulfonamides is 1. The Hall–Kier alpha value is -1.84. The Morgan fingerprint density at radius 1 is 1.11 bits per heavy atom. The largest absolute Gasteiger partial charge is 0.490 e. The summed E-state index contributed by atoms with van der Waals surface area (Å²) in [5.41, 5.74) is 0. The van der Waals surface area contributed by atoms with Gasteiger partial charge in [-0.05, 0) is 18.6 Å². The van der Waals surface area contributed by atoms with Crippen LogP contribution in [0.15, 0.2) is 23.1 Å². The zero-order chi connectivity index (χ0) is 20.0. The summed E-state index contributed by atoms with van der Waals surface area (Å²) in [5, 5.41) is 2.89. The molecule has 1 aromatic carbocycles. The van der Waals surface area contributed by atoms with Gasteiger partial charge in [-0.25, -0.2) is 8.42 Å². The van der Waals surface area contributed by atoms with Gasteiger partial charge in [0.15, 0.2) is 11.5 Å². The third-order valence-corrected chi connectivity index (χ3v) is 6.80. The quantitative estimate of drug-likeness (QED) is 0.676. The zero-order valence-electron chi connectivity index (χ0n) is 16.4. The van der Waals surface area contributed by atoms with Crippen molar-refractivity contribution in [2.24, 2.45) is 0 Å².